The zero-order chi connectivity index (χ0) is 13.1. The fourth-order valence-electron chi connectivity index (χ4n) is 2.12. The van der Waals surface area contributed by atoms with E-state index < -0.39 is 5.60 Å². The van der Waals surface area contributed by atoms with Crippen molar-refractivity contribution in [3.63, 3.8) is 0 Å². The van der Waals surface area contributed by atoms with E-state index in [4.69, 9.17) is 5.73 Å². The zero-order valence-electron chi connectivity index (χ0n) is 11.2. The van der Waals surface area contributed by atoms with Crippen LogP contribution in [0.3, 0.4) is 0 Å². The summed E-state index contributed by atoms with van der Waals surface area (Å²) in [6.07, 6.45) is 0.786. The van der Waals surface area contributed by atoms with Crippen molar-refractivity contribution in [2.45, 2.75) is 39.7 Å². The molecule has 0 aromatic heterocycles. The Bertz CT molecular complexity index is 372. The van der Waals surface area contributed by atoms with E-state index in [1.54, 1.807) is 0 Å². The Labute approximate surface area is 104 Å². The van der Waals surface area contributed by atoms with E-state index in [2.05, 4.69) is 19.2 Å². The minimum Gasteiger partial charge on any atom is -0.399 e. The molecule has 1 aromatic rings. The average Bonchev–Trinajstić information content (AvgIpc) is 2.14. The van der Waals surface area contributed by atoms with Crippen LogP contribution in [0.1, 0.15) is 32.8 Å². The Balaban J connectivity index is 2.61. The molecule has 0 spiro atoms. The van der Waals surface area contributed by atoms with Gasteiger partial charge < -0.3 is 16.2 Å². The predicted octanol–water partition coefficient (Wildman–Crippen LogP) is 2.79. The molecule has 3 nitrogen and oxygen atoms in total. The summed E-state index contributed by atoms with van der Waals surface area (Å²) in [5.74, 6) is 0.485. The molecular weight excluding hydrogens is 212 g/mol. The highest BCUT2D eigenvalue weighted by Gasteiger charge is 2.21. The first-order valence-electron chi connectivity index (χ1n) is 6.12. The minimum absolute atomic E-state index is 0.485. The van der Waals surface area contributed by atoms with Gasteiger partial charge in [-0.2, -0.15) is 0 Å². The third-order valence-electron chi connectivity index (χ3n) is 2.76. The first-order chi connectivity index (χ1) is 7.80. The number of aryl methyl sites for hydroxylation is 1. The van der Waals surface area contributed by atoms with Crippen molar-refractivity contribution in [1.82, 2.24) is 0 Å². The quantitative estimate of drug-likeness (QED) is 0.689. The van der Waals surface area contributed by atoms with Crippen LogP contribution in [0.4, 0.5) is 11.4 Å². The van der Waals surface area contributed by atoms with Crippen molar-refractivity contribution < 1.29 is 5.11 Å². The maximum Gasteiger partial charge on any atom is 0.0793 e. The summed E-state index contributed by atoms with van der Waals surface area (Å²) >= 11 is 0. The van der Waals surface area contributed by atoms with Crippen LogP contribution in [-0.2, 0) is 0 Å². The summed E-state index contributed by atoms with van der Waals surface area (Å²) in [5, 5.41) is 13.5. The highest BCUT2D eigenvalue weighted by atomic mass is 16.3. The predicted molar refractivity (Wildman–Crippen MR) is 74.2 cm³/mol. The van der Waals surface area contributed by atoms with Crippen LogP contribution in [0.2, 0.25) is 0 Å². The second kappa shape index (κ2) is 5.41. The lowest BCUT2D eigenvalue weighted by molar-refractivity contribution is 0.0515. The van der Waals surface area contributed by atoms with Crippen molar-refractivity contribution in [1.29, 1.82) is 0 Å². The zero-order valence-corrected chi connectivity index (χ0v) is 11.2. The van der Waals surface area contributed by atoms with Crippen LogP contribution < -0.4 is 11.1 Å². The summed E-state index contributed by atoms with van der Waals surface area (Å²) in [4.78, 5) is 0. The third-order valence-corrected chi connectivity index (χ3v) is 2.76. The molecule has 1 unspecified atom stereocenters. The normalized spacial score (nSPS) is 14.7. The second-order valence-corrected chi connectivity index (χ2v) is 5.52. The highest BCUT2D eigenvalue weighted by molar-refractivity contribution is 5.57. The molecule has 0 bridgehead atoms. The Morgan fingerprint density at radius 2 is 2.06 bits per heavy atom. The van der Waals surface area contributed by atoms with Gasteiger partial charge in [-0.05, 0) is 49.9 Å². The molecule has 3 heteroatoms. The summed E-state index contributed by atoms with van der Waals surface area (Å²) < 4.78 is 0. The number of rotatable bonds is 5. The molecule has 0 amide bonds. The Kier molecular flexibility index (Phi) is 4.40. The van der Waals surface area contributed by atoms with Crippen LogP contribution in [0.15, 0.2) is 18.2 Å². The Morgan fingerprint density at radius 1 is 1.41 bits per heavy atom. The molecule has 1 rings (SSSR count). The summed E-state index contributed by atoms with van der Waals surface area (Å²) in [6.45, 7) is 8.66. The standard InChI is InChI=1S/C14H24N2O/c1-10(2)8-14(4,17)9-16-13-6-5-12(15)7-11(13)3/h5-7,10,16-17H,8-9,15H2,1-4H3. The van der Waals surface area contributed by atoms with Crippen molar-refractivity contribution >= 4 is 11.4 Å². The monoisotopic (exact) mass is 236 g/mol. The van der Waals surface area contributed by atoms with Crippen molar-refractivity contribution in [3.05, 3.63) is 23.8 Å². The number of anilines is 2. The van der Waals surface area contributed by atoms with Gasteiger partial charge in [-0.25, -0.2) is 0 Å². The van der Waals surface area contributed by atoms with Gasteiger partial charge in [0.1, 0.15) is 0 Å². The molecule has 0 aliphatic carbocycles. The van der Waals surface area contributed by atoms with Crippen LogP contribution in [0.25, 0.3) is 0 Å². The fourth-order valence-corrected chi connectivity index (χ4v) is 2.12. The number of aliphatic hydroxyl groups is 1. The van der Waals surface area contributed by atoms with Crippen LogP contribution >= 0.6 is 0 Å². The smallest absolute Gasteiger partial charge is 0.0793 e. The molecule has 0 heterocycles. The first kappa shape index (κ1) is 13.8. The first-order valence-corrected chi connectivity index (χ1v) is 6.12. The largest absolute Gasteiger partial charge is 0.399 e. The van der Waals surface area contributed by atoms with Crippen molar-refractivity contribution in [2.75, 3.05) is 17.6 Å². The lowest BCUT2D eigenvalue weighted by Crippen LogP contribution is -2.35. The van der Waals surface area contributed by atoms with Gasteiger partial charge in [-0.3, -0.25) is 0 Å². The molecule has 0 aliphatic heterocycles. The van der Waals surface area contributed by atoms with Gasteiger partial charge in [0.25, 0.3) is 0 Å². The van der Waals surface area contributed by atoms with Gasteiger partial charge in [-0.15, -0.1) is 0 Å². The summed E-state index contributed by atoms with van der Waals surface area (Å²) in [5.41, 5.74) is 7.92. The molecule has 0 fully saturated rings. The number of hydrogen-bond acceptors (Lipinski definition) is 3. The molecule has 0 saturated heterocycles. The van der Waals surface area contributed by atoms with E-state index in [0.29, 0.717) is 12.5 Å². The summed E-state index contributed by atoms with van der Waals surface area (Å²) in [7, 11) is 0. The molecule has 0 saturated carbocycles. The van der Waals surface area contributed by atoms with E-state index in [1.165, 1.54) is 0 Å². The number of hydrogen-bond donors (Lipinski definition) is 3. The number of nitrogen functional groups attached to an aromatic ring is 1. The fraction of sp³-hybridized carbons (Fsp3) is 0.571. The van der Waals surface area contributed by atoms with Gasteiger partial charge >= 0.3 is 0 Å². The van der Waals surface area contributed by atoms with Gasteiger partial charge in [-0.1, -0.05) is 13.8 Å². The maximum atomic E-state index is 10.2. The number of benzene rings is 1. The molecular formula is C14H24N2O. The Hall–Kier alpha value is -1.22. The lowest BCUT2D eigenvalue weighted by Gasteiger charge is -2.26. The third kappa shape index (κ3) is 4.65. The van der Waals surface area contributed by atoms with Crippen LogP contribution in [0.5, 0.6) is 0 Å². The summed E-state index contributed by atoms with van der Waals surface area (Å²) in [6, 6.07) is 5.75. The highest BCUT2D eigenvalue weighted by Crippen LogP contribution is 2.21. The number of nitrogens with one attached hydrogen (secondary N) is 1. The van der Waals surface area contributed by atoms with Crippen LogP contribution in [0, 0.1) is 12.8 Å². The average molecular weight is 236 g/mol. The lowest BCUT2D eigenvalue weighted by atomic mass is 9.94. The SMILES string of the molecule is Cc1cc(N)ccc1NCC(C)(O)CC(C)C. The van der Waals surface area contributed by atoms with Gasteiger partial charge in [0.15, 0.2) is 0 Å². The van der Waals surface area contributed by atoms with E-state index in [9.17, 15) is 5.11 Å². The van der Waals surface area contributed by atoms with Gasteiger partial charge in [0.05, 0.1) is 5.60 Å². The Morgan fingerprint density at radius 3 is 2.59 bits per heavy atom. The van der Waals surface area contributed by atoms with E-state index in [-0.39, 0.29) is 0 Å². The van der Waals surface area contributed by atoms with Crippen LogP contribution in [-0.4, -0.2) is 17.3 Å². The van der Waals surface area contributed by atoms with E-state index in [0.717, 1.165) is 23.4 Å². The van der Waals surface area contributed by atoms with Crippen molar-refractivity contribution in [3.8, 4) is 0 Å². The minimum atomic E-state index is -0.679. The topological polar surface area (TPSA) is 58.3 Å². The molecule has 0 radical (unpaired) electrons. The number of nitrogens with two attached hydrogens (primary N) is 1. The molecule has 4 N–H and O–H groups in total. The second-order valence-electron chi connectivity index (χ2n) is 5.52. The molecule has 1 atom stereocenters. The molecule has 1 aromatic carbocycles. The van der Waals surface area contributed by atoms with Gasteiger partial charge in [0, 0.05) is 17.9 Å². The van der Waals surface area contributed by atoms with Gasteiger partial charge in [0.2, 0.25) is 0 Å². The maximum absolute atomic E-state index is 10.2. The van der Waals surface area contributed by atoms with E-state index >= 15 is 0 Å². The molecule has 0 aliphatic rings. The van der Waals surface area contributed by atoms with Crippen molar-refractivity contribution in [2.24, 2.45) is 5.92 Å². The molecule has 17 heavy (non-hydrogen) atoms. The van der Waals surface area contributed by atoms with E-state index in [1.807, 2.05) is 32.0 Å². The molecule has 96 valence electrons.